The van der Waals surface area contributed by atoms with Crippen LogP contribution in [0.2, 0.25) is 0 Å². The van der Waals surface area contributed by atoms with Crippen molar-refractivity contribution in [2.75, 3.05) is 13.2 Å². The molecule has 0 aliphatic heterocycles. The van der Waals surface area contributed by atoms with Gasteiger partial charge in [0.15, 0.2) is 0 Å². The maximum Gasteiger partial charge on any atom is 0.308 e. The molecule has 0 N–H and O–H groups in total. The molecule has 5 heteroatoms. The SMILES string of the molecule is CCOC(=O)C(C)Cc1ccc(Br)cc1CC(C)C(=O)OCC. The number of carbonyl (C=O) groups excluding carboxylic acids is 2. The Bertz CT molecular complexity index is 542. The smallest absolute Gasteiger partial charge is 0.308 e. The summed E-state index contributed by atoms with van der Waals surface area (Å²) < 4.78 is 11.1. The second kappa shape index (κ2) is 9.71. The largest absolute Gasteiger partial charge is 0.466 e. The molecular formula is C18H25BrO4. The molecule has 1 aromatic rings. The summed E-state index contributed by atoms with van der Waals surface area (Å²) in [4.78, 5) is 23.7. The minimum absolute atomic E-state index is 0.195. The molecule has 0 fully saturated rings. The lowest BCUT2D eigenvalue weighted by Crippen LogP contribution is -2.20. The van der Waals surface area contributed by atoms with Crippen LogP contribution in [0.3, 0.4) is 0 Å². The Morgan fingerprint density at radius 2 is 1.43 bits per heavy atom. The van der Waals surface area contributed by atoms with Crippen LogP contribution < -0.4 is 0 Å². The molecule has 0 heterocycles. The van der Waals surface area contributed by atoms with E-state index in [1.165, 1.54) is 0 Å². The highest BCUT2D eigenvalue weighted by Gasteiger charge is 2.20. The first-order valence-corrected chi connectivity index (χ1v) is 8.78. The van der Waals surface area contributed by atoms with E-state index >= 15 is 0 Å². The van der Waals surface area contributed by atoms with Gasteiger partial charge < -0.3 is 9.47 Å². The summed E-state index contributed by atoms with van der Waals surface area (Å²) in [6.07, 6.45) is 1.18. The fraction of sp³-hybridized carbons (Fsp3) is 0.556. The predicted molar refractivity (Wildman–Crippen MR) is 93.1 cm³/mol. The van der Waals surface area contributed by atoms with Gasteiger partial charge in [-0.05, 0) is 49.9 Å². The average molecular weight is 385 g/mol. The van der Waals surface area contributed by atoms with Crippen LogP contribution in [-0.4, -0.2) is 25.2 Å². The third-order valence-electron chi connectivity index (χ3n) is 3.60. The van der Waals surface area contributed by atoms with Gasteiger partial charge >= 0.3 is 11.9 Å². The van der Waals surface area contributed by atoms with Gasteiger partial charge in [-0.25, -0.2) is 0 Å². The molecule has 0 aliphatic carbocycles. The van der Waals surface area contributed by atoms with Crippen LogP contribution in [0.4, 0.5) is 0 Å². The first-order chi connectivity index (χ1) is 10.9. The fourth-order valence-electron chi connectivity index (χ4n) is 2.38. The van der Waals surface area contributed by atoms with Crippen molar-refractivity contribution in [2.24, 2.45) is 11.8 Å². The molecule has 0 aliphatic rings. The van der Waals surface area contributed by atoms with Gasteiger partial charge in [0.05, 0.1) is 25.0 Å². The van der Waals surface area contributed by atoms with Gasteiger partial charge in [0.2, 0.25) is 0 Å². The summed E-state index contributed by atoms with van der Waals surface area (Å²) in [6.45, 7) is 8.09. The van der Waals surface area contributed by atoms with Crippen molar-refractivity contribution in [3.63, 3.8) is 0 Å². The lowest BCUT2D eigenvalue weighted by atomic mass is 9.92. The highest BCUT2D eigenvalue weighted by Crippen LogP contribution is 2.23. The van der Waals surface area contributed by atoms with E-state index in [1.54, 1.807) is 13.8 Å². The molecule has 0 saturated heterocycles. The first kappa shape index (κ1) is 19.7. The number of hydrogen-bond donors (Lipinski definition) is 0. The van der Waals surface area contributed by atoms with Crippen molar-refractivity contribution in [1.82, 2.24) is 0 Å². The van der Waals surface area contributed by atoms with E-state index in [0.717, 1.165) is 15.6 Å². The summed E-state index contributed by atoms with van der Waals surface area (Å²) in [6, 6.07) is 5.95. The standard InChI is InChI=1S/C18H25BrO4/c1-5-22-17(20)12(3)9-14-7-8-16(19)11-15(14)10-13(4)18(21)23-6-2/h7-8,11-13H,5-6,9-10H2,1-4H3. The van der Waals surface area contributed by atoms with Crippen molar-refractivity contribution in [3.05, 3.63) is 33.8 Å². The van der Waals surface area contributed by atoms with Crippen LogP contribution in [0, 0.1) is 11.8 Å². The van der Waals surface area contributed by atoms with E-state index in [-0.39, 0.29) is 23.8 Å². The van der Waals surface area contributed by atoms with E-state index < -0.39 is 0 Å². The third kappa shape index (κ3) is 6.34. The van der Waals surface area contributed by atoms with E-state index in [2.05, 4.69) is 15.9 Å². The molecule has 1 rings (SSSR count). The summed E-state index contributed by atoms with van der Waals surface area (Å²) >= 11 is 3.47. The molecule has 0 radical (unpaired) electrons. The maximum absolute atomic E-state index is 11.9. The van der Waals surface area contributed by atoms with Crippen LogP contribution in [-0.2, 0) is 31.9 Å². The maximum atomic E-state index is 11.9. The lowest BCUT2D eigenvalue weighted by Gasteiger charge is -2.17. The van der Waals surface area contributed by atoms with Crippen LogP contribution in [0.25, 0.3) is 0 Å². The quantitative estimate of drug-likeness (QED) is 0.637. The van der Waals surface area contributed by atoms with Gasteiger partial charge in [-0.3, -0.25) is 9.59 Å². The molecule has 23 heavy (non-hydrogen) atoms. The van der Waals surface area contributed by atoms with Crippen molar-refractivity contribution in [1.29, 1.82) is 0 Å². The molecule has 128 valence electrons. The molecule has 2 atom stereocenters. The molecule has 0 saturated carbocycles. The van der Waals surface area contributed by atoms with Crippen LogP contribution in [0.5, 0.6) is 0 Å². The van der Waals surface area contributed by atoms with E-state index in [9.17, 15) is 9.59 Å². The Balaban J connectivity index is 2.88. The Hall–Kier alpha value is -1.36. The van der Waals surface area contributed by atoms with Crippen molar-refractivity contribution < 1.29 is 19.1 Å². The fourth-order valence-corrected chi connectivity index (χ4v) is 2.79. The average Bonchev–Trinajstić information content (AvgIpc) is 2.50. The lowest BCUT2D eigenvalue weighted by molar-refractivity contribution is -0.148. The minimum atomic E-state index is -0.221. The molecule has 4 nitrogen and oxygen atoms in total. The monoisotopic (exact) mass is 384 g/mol. The van der Waals surface area contributed by atoms with Crippen LogP contribution in [0.1, 0.15) is 38.8 Å². The number of carbonyl (C=O) groups is 2. The van der Waals surface area contributed by atoms with Gasteiger partial charge in [0.1, 0.15) is 0 Å². The van der Waals surface area contributed by atoms with Crippen molar-refractivity contribution in [3.8, 4) is 0 Å². The molecule has 1 aromatic carbocycles. The Labute approximate surface area is 146 Å². The summed E-state index contributed by atoms with van der Waals surface area (Å²) in [5.41, 5.74) is 2.11. The highest BCUT2D eigenvalue weighted by molar-refractivity contribution is 9.10. The van der Waals surface area contributed by atoms with Gasteiger partial charge in [0.25, 0.3) is 0 Å². The Kier molecular flexibility index (Phi) is 8.31. The highest BCUT2D eigenvalue weighted by atomic mass is 79.9. The summed E-state index contributed by atoms with van der Waals surface area (Å²) in [5, 5.41) is 0. The van der Waals surface area contributed by atoms with E-state index in [1.807, 2.05) is 32.0 Å². The predicted octanol–water partition coefficient (Wildman–Crippen LogP) is 3.93. The zero-order valence-electron chi connectivity index (χ0n) is 14.2. The number of esters is 2. The third-order valence-corrected chi connectivity index (χ3v) is 4.09. The zero-order chi connectivity index (χ0) is 17.4. The van der Waals surface area contributed by atoms with Gasteiger partial charge in [-0.15, -0.1) is 0 Å². The Morgan fingerprint density at radius 3 is 1.91 bits per heavy atom. The number of hydrogen-bond acceptors (Lipinski definition) is 4. The number of halogens is 1. The second-order valence-electron chi connectivity index (χ2n) is 5.63. The van der Waals surface area contributed by atoms with Gasteiger partial charge in [0, 0.05) is 4.47 Å². The normalized spacial score (nSPS) is 13.3. The number of ether oxygens (including phenoxy) is 2. The Morgan fingerprint density at radius 1 is 0.957 bits per heavy atom. The van der Waals surface area contributed by atoms with Gasteiger partial charge in [-0.1, -0.05) is 35.8 Å². The van der Waals surface area contributed by atoms with Gasteiger partial charge in [-0.2, -0.15) is 0 Å². The summed E-state index contributed by atoms with van der Waals surface area (Å²) in [5.74, 6) is -0.828. The van der Waals surface area contributed by atoms with Crippen LogP contribution in [0.15, 0.2) is 22.7 Å². The number of rotatable bonds is 8. The topological polar surface area (TPSA) is 52.6 Å². The molecule has 0 spiro atoms. The number of benzene rings is 1. The molecule has 2 unspecified atom stereocenters. The molecular weight excluding hydrogens is 360 g/mol. The van der Waals surface area contributed by atoms with Crippen molar-refractivity contribution in [2.45, 2.75) is 40.5 Å². The molecule has 0 aromatic heterocycles. The molecule has 0 bridgehead atoms. The first-order valence-electron chi connectivity index (χ1n) is 7.99. The van der Waals surface area contributed by atoms with E-state index in [0.29, 0.717) is 26.1 Å². The second-order valence-corrected chi connectivity index (χ2v) is 6.54. The zero-order valence-corrected chi connectivity index (χ0v) is 15.8. The molecule has 0 amide bonds. The minimum Gasteiger partial charge on any atom is -0.466 e. The van der Waals surface area contributed by atoms with Crippen molar-refractivity contribution >= 4 is 27.9 Å². The summed E-state index contributed by atoms with van der Waals surface area (Å²) in [7, 11) is 0. The van der Waals surface area contributed by atoms with Crippen LogP contribution >= 0.6 is 15.9 Å². The van der Waals surface area contributed by atoms with E-state index in [4.69, 9.17) is 9.47 Å².